The minimum Gasteiger partial charge on any atom is -0.336 e. The highest BCUT2D eigenvalue weighted by molar-refractivity contribution is 7.89. The van der Waals surface area contributed by atoms with E-state index >= 15 is 0 Å². The third-order valence-electron chi connectivity index (χ3n) is 5.75. The van der Waals surface area contributed by atoms with Crippen LogP contribution < -0.4 is 0 Å². The normalized spacial score (nSPS) is 15.2. The Morgan fingerprint density at radius 1 is 0.969 bits per heavy atom. The van der Waals surface area contributed by atoms with Gasteiger partial charge in [0.1, 0.15) is 0 Å². The van der Waals surface area contributed by atoms with Crippen molar-refractivity contribution in [2.24, 2.45) is 0 Å². The fourth-order valence-electron chi connectivity index (χ4n) is 3.96. The lowest BCUT2D eigenvalue weighted by atomic mass is 10.1. The number of aromatic nitrogens is 2. The first-order valence-electron chi connectivity index (χ1n) is 10.4. The minimum atomic E-state index is -3.62. The van der Waals surface area contributed by atoms with Crippen LogP contribution >= 0.6 is 11.6 Å². The molecule has 1 fully saturated rings. The molecule has 0 spiro atoms. The topological polar surface area (TPSA) is 75.5 Å². The first-order valence-corrected chi connectivity index (χ1v) is 12.2. The maximum Gasteiger partial charge on any atom is 0.257 e. The molecule has 1 aliphatic heterocycles. The fourth-order valence-corrected chi connectivity index (χ4v) is 5.51. The highest BCUT2D eigenvalue weighted by Crippen LogP contribution is 2.22. The highest BCUT2D eigenvalue weighted by Gasteiger charge is 2.32. The van der Waals surface area contributed by atoms with Gasteiger partial charge >= 0.3 is 0 Å². The van der Waals surface area contributed by atoms with Crippen LogP contribution in [0.1, 0.15) is 27.3 Å². The zero-order valence-electron chi connectivity index (χ0n) is 18.0. The summed E-state index contributed by atoms with van der Waals surface area (Å²) in [6.07, 6.45) is 0. The van der Waals surface area contributed by atoms with Crippen molar-refractivity contribution < 1.29 is 13.2 Å². The van der Waals surface area contributed by atoms with E-state index in [1.165, 1.54) is 16.4 Å². The van der Waals surface area contributed by atoms with Gasteiger partial charge in [0.2, 0.25) is 10.0 Å². The molecule has 168 valence electrons. The van der Waals surface area contributed by atoms with Gasteiger partial charge in [-0.2, -0.15) is 9.40 Å². The van der Waals surface area contributed by atoms with Crippen molar-refractivity contribution in [1.82, 2.24) is 19.0 Å². The van der Waals surface area contributed by atoms with Gasteiger partial charge in [-0.25, -0.2) is 8.42 Å². The molecule has 7 nitrogen and oxygen atoms in total. The van der Waals surface area contributed by atoms with Crippen molar-refractivity contribution in [2.45, 2.75) is 25.3 Å². The van der Waals surface area contributed by atoms with Crippen LogP contribution in [0.2, 0.25) is 5.02 Å². The van der Waals surface area contributed by atoms with Crippen LogP contribution in [0.3, 0.4) is 0 Å². The predicted octanol–water partition coefficient (Wildman–Crippen LogP) is 3.35. The lowest BCUT2D eigenvalue weighted by Gasteiger charge is -2.34. The quantitative estimate of drug-likeness (QED) is 0.570. The van der Waals surface area contributed by atoms with Gasteiger partial charge in [-0.05, 0) is 43.7 Å². The summed E-state index contributed by atoms with van der Waals surface area (Å²) >= 11 is 5.87. The summed E-state index contributed by atoms with van der Waals surface area (Å²) in [6.45, 7) is 5.47. The number of sulfonamides is 1. The number of nitrogens with zero attached hydrogens (tertiary/aromatic N) is 4. The molecule has 32 heavy (non-hydrogen) atoms. The third kappa shape index (κ3) is 4.44. The van der Waals surface area contributed by atoms with E-state index in [0.717, 1.165) is 11.3 Å². The molecule has 0 atom stereocenters. The van der Waals surface area contributed by atoms with Crippen molar-refractivity contribution >= 4 is 27.5 Å². The number of hydrogen-bond acceptors (Lipinski definition) is 4. The molecule has 4 rings (SSSR count). The van der Waals surface area contributed by atoms with Crippen molar-refractivity contribution in [2.75, 3.05) is 26.2 Å². The number of amides is 1. The molecule has 0 unspecified atom stereocenters. The van der Waals surface area contributed by atoms with E-state index in [2.05, 4.69) is 5.10 Å². The summed E-state index contributed by atoms with van der Waals surface area (Å²) in [5, 5.41) is 5.06. The van der Waals surface area contributed by atoms with E-state index in [-0.39, 0.29) is 23.9 Å². The molecular weight excluding hydrogens is 448 g/mol. The van der Waals surface area contributed by atoms with Gasteiger partial charge in [0, 0.05) is 36.9 Å². The van der Waals surface area contributed by atoms with Gasteiger partial charge in [-0.15, -0.1) is 0 Å². The number of carbonyl (C=O) groups is 1. The zero-order valence-corrected chi connectivity index (χ0v) is 19.6. The monoisotopic (exact) mass is 472 g/mol. The number of piperazine rings is 1. The molecule has 0 N–H and O–H groups in total. The smallest absolute Gasteiger partial charge is 0.257 e. The Labute approximate surface area is 193 Å². The standard InChI is InChI=1S/C23H25ClN4O3S/c1-17-22(18(2)28(25-17)16-19-6-4-3-5-7-19)23(29)26-12-14-27(15-13-26)32(30,31)21-10-8-20(24)9-11-21/h3-11H,12-16H2,1-2H3. The van der Waals surface area contributed by atoms with Gasteiger partial charge < -0.3 is 4.90 Å². The molecule has 2 heterocycles. The van der Waals surface area contributed by atoms with Crippen molar-refractivity contribution in [1.29, 1.82) is 0 Å². The summed E-state index contributed by atoms with van der Waals surface area (Å²) < 4.78 is 29.1. The zero-order chi connectivity index (χ0) is 22.9. The first-order chi connectivity index (χ1) is 15.3. The van der Waals surface area contributed by atoms with E-state index in [9.17, 15) is 13.2 Å². The van der Waals surface area contributed by atoms with Crippen LogP contribution in [-0.2, 0) is 16.6 Å². The van der Waals surface area contributed by atoms with Gasteiger partial charge in [0.15, 0.2) is 0 Å². The average molecular weight is 473 g/mol. The molecule has 1 amide bonds. The number of carbonyl (C=O) groups excluding carboxylic acids is 1. The van der Waals surface area contributed by atoms with Gasteiger partial charge in [-0.3, -0.25) is 9.48 Å². The Morgan fingerprint density at radius 3 is 2.22 bits per heavy atom. The molecule has 0 bridgehead atoms. The number of rotatable bonds is 5. The Morgan fingerprint density at radius 2 is 1.59 bits per heavy atom. The Bertz CT molecular complexity index is 1220. The predicted molar refractivity (Wildman–Crippen MR) is 123 cm³/mol. The third-order valence-corrected chi connectivity index (χ3v) is 7.91. The van der Waals surface area contributed by atoms with Crippen LogP contribution in [0.5, 0.6) is 0 Å². The van der Waals surface area contributed by atoms with Crippen LogP contribution in [0.25, 0.3) is 0 Å². The number of hydrogen-bond donors (Lipinski definition) is 0. The summed E-state index contributed by atoms with van der Waals surface area (Å²) in [5.41, 5.74) is 3.19. The van der Waals surface area contributed by atoms with Gasteiger partial charge in [-0.1, -0.05) is 41.9 Å². The largest absolute Gasteiger partial charge is 0.336 e. The maximum atomic E-state index is 13.3. The summed E-state index contributed by atoms with van der Waals surface area (Å²) in [5.74, 6) is -0.108. The average Bonchev–Trinajstić information content (AvgIpc) is 3.07. The second-order valence-electron chi connectivity index (χ2n) is 7.84. The molecular formula is C23H25ClN4O3S. The van der Waals surface area contributed by atoms with Crippen molar-refractivity contribution in [3.05, 3.63) is 82.1 Å². The molecule has 0 saturated carbocycles. The van der Waals surface area contributed by atoms with E-state index in [0.29, 0.717) is 35.9 Å². The SMILES string of the molecule is Cc1nn(Cc2ccccc2)c(C)c1C(=O)N1CCN(S(=O)(=O)c2ccc(Cl)cc2)CC1. The fraction of sp³-hybridized carbons (Fsp3) is 0.304. The van der Waals surface area contributed by atoms with Crippen molar-refractivity contribution in [3.8, 4) is 0 Å². The van der Waals surface area contributed by atoms with Gasteiger partial charge in [0.05, 0.1) is 22.7 Å². The Balaban J connectivity index is 1.46. The van der Waals surface area contributed by atoms with E-state index in [1.807, 2.05) is 48.9 Å². The molecule has 1 aliphatic rings. The Hall–Kier alpha value is -2.68. The lowest BCUT2D eigenvalue weighted by Crippen LogP contribution is -2.50. The van der Waals surface area contributed by atoms with Gasteiger partial charge in [0.25, 0.3) is 5.91 Å². The molecule has 1 aromatic heterocycles. The molecule has 9 heteroatoms. The second-order valence-corrected chi connectivity index (χ2v) is 10.2. The molecule has 0 aliphatic carbocycles. The lowest BCUT2D eigenvalue weighted by molar-refractivity contribution is 0.0696. The van der Waals surface area contributed by atoms with E-state index < -0.39 is 10.0 Å². The number of aryl methyl sites for hydroxylation is 1. The molecule has 3 aromatic rings. The van der Waals surface area contributed by atoms with Crippen molar-refractivity contribution in [3.63, 3.8) is 0 Å². The summed E-state index contributed by atoms with van der Waals surface area (Å²) in [4.78, 5) is 15.2. The second kappa shape index (κ2) is 9.05. The van der Waals surface area contributed by atoms with Crippen LogP contribution in [0.15, 0.2) is 59.5 Å². The van der Waals surface area contributed by atoms with Crippen LogP contribution in [0.4, 0.5) is 0 Å². The maximum absolute atomic E-state index is 13.3. The molecule has 0 radical (unpaired) electrons. The van der Waals surface area contributed by atoms with Crippen LogP contribution in [-0.4, -0.2) is 59.5 Å². The summed E-state index contributed by atoms with van der Waals surface area (Å²) in [6, 6.07) is 16.1. The highest BCUT2D eigenvalue weighted by atomic mass is 35.5. The van der Waals surface area contributed by atoms with E-state index in [4.69, 9.17) is 11.6 Å². The number of benzene rings is 2. The molecule has 1 saturated heterocycles. The van der Waals surface area contributed by atoms with Crippen LogP contribution in [0, 0.1) is 13.8 Å². The molecule has 2 aromatic carbocycles. The first kappa shape index (κ1) is 22.5. The van der Waals surface area contributed by atoms with E-state index in [1.54, 1.807) is 17.0 Å². The summed E-state index contributed by atoms with van der Waals surface area (Å²) in [7, 11) is -3.62. The minimum absolute atomic E-state index is 0.108. The number of halogens is 1. The Kier molecular flexibility index (Phi) is 6.37.